The highest BCUT2D eigenvalue weighted by atomic mass is 14.9. The van der Waals surface area contributed by atoms with Crippen molar-refractivity contribution in [3.8, 4) is 0 Å². The zero-order valence-electron chi connectivity index (χ0n) is 11.6. The van der Waals surface area contributed by atoms with Gasteiger partial charge in [-0.25, -0.2) is 0 Å². The highest BCUT2D eigenvalue weighted by molar-refractivity contribution is 6.00. The number of rotatable bonds is 2. The van der Waals surface area contributed by atoms with E-state index in [0.29, 0.717) is 0 Å². The van der Waals surface area contributed by atoms with Crippen LogP contribution >= 0.6 is 0 Å². The first-order valence-electron chi connectivity index (χ1n) is 7.18. The Labute approximate surface area is 119 Å². The van der Waals surface area contributed by atoms with Gasteiger partial charge in [-0.15, -0.1) is 0 Å². The maximum atomic E-state index is 3.56. The van der Waals surface area contributed by atoms with Gasteiger partial charge in [0.25, 0.3) is 0 Å². The first-order chi connectivity index (χ1) is 9.81. The van der Waals surface area contributed by atoms with E-state index in [2.05, 4.69) is 66.8 Å². The molecular weight excluding hydrogens is 242 g/mol. The molecule has 1 N–H and O–H groups in total. The highest BCUT2D eigenvalue weighted by Crippen LogP contribution is 2.36. The number of nitrogens with one attached hydrogen (secondary N) is 1. The molecule has 0 saturated heterocycles. The summed E-state index contributed by atoms with van der Waals surface area (Å²) in [6.45, 7) is 2.11. The Kier molecular flexibility index (Phi) is 2.53. The van der Waals surface area contributed by atoms with Gasteiger partial charge in [-0.1, -0.05) is 42.0 Å². The molecule has 0 fully saturated rings. The molecule has 98 valence electrons. The smallest absolute Gasteiger partial charge is 0.0464 e. The van der Waals surface area contributed by atoms with Gasteiger partial charge in [-0.2, -0.15) is 0 Å². The van der Waals surface area contributed by atoms with Crippen molar-refractivity contribution >= 4 is 22.1 Å². The van der Waals surface area contributed by atoms with Crippen LogP contribution in [0.4, 0.5) is 11.4 Å². The Morgan fingerprint density at radius 1 is 0.800 bits per heavy atom. The molecule has 0 aromatic heterocycles. The van der Waals surface area contributed by atoms with Crippen molar-refractivity contribution in [2.24, 2.45) is 0 Å². The molecule has 4 rings (SSSR count). The third kappa shape index (κ3) is 1.78. The minimum Gasteiger partial charge on any atom is -0.355 e. The molecule has 1 heteroatoms. The van der Waals surface area contributed by atoms with Crippen LogP contribution in [0.3, 0.4) is 0 Å². The molecule has 3 aromatic rings. The van der Waals surface area contributed by atoms with Gasteiger partial charge in [-0.3, -0.25) is 0 Å². The predicted octanol–water partition coefficient (Wildman–Crippen LogP) is 4.99. The summed E-state index contributed by atoms with van der Waals surface area (Å²) in [5.74, 6) is 0. The van der Waals surface area contributed by atoms with Crippen LogP contribution in [0.15, 0.2) is 54.6 Å². The minimum atomic E-state index is 1.15. The zero-order chi connectivity index (χ0) is 13.5. The number of aryl methyl sites for hydroxylation is 3. The summed E-state index contributed by atoms with van der Waals surface area (Å²) in [4.78, 5) is 0. The fourth-order valence-corrected chi connectivity index (χ4v) is 3.15. The van der Waals surface area contributed by atoms with Gasteiger partial charge >= 0.3 is 0 Å². The quantitative estimate of drug-likeness (QED) is 0.683. The molecule has 1 aliphatic carbocycles. The van der Waals surface area contributed by atoms with Gasteiger partial charge < -0.3 is 5.32 Å². The molecule has 0 atom stereocenters. The van der Waals surface area contributed by atoms with E-state index in [-0.39, 0.29) is 0 Å². The summed E-state index contributed by atoms with van der Waals surface area (Å²) < 4.78 is 0. The third-order valence-electron chi connectivity index (χ3n) is 4.21. The summed E-state index contributed by atoms with van der Waals surface area (Å²) in [5, 5.41) is 6.36. The van der Waals surface area contributed by atoms with E-state index in [1.54, 1.807) is 0 Å². The Morgan fingerprint density at radius 2 is 1.55 bits per heavy atom. The summed E-state index contributed by atoms with van der Waals surface area (Å²) in [7, 11) is 0. The van der Waals surface area contributed by atoms with Gasteiger partial charge in [0.05, 0.1) is 0 Å². The second-order valence-electron chi connectivity index (χ2n) is 5.60. The molecule has 1 aliphatic rings. The largest absolute Gasteiger partial charge is 0.355 e. The van der Waals surface area contributed by atoms with E-state index in [4.69, 9.17) is 0 Å². The van der Waals surface area contributed by atoms with E-state index >= 15 is 0 Å². The number of benzene rings is 3. The van der Waals surface area contributed by atoms with Crippen molar-refractivity contribution in [3.05, 3.63) is 71.3 Å². The lowest BCUT2D eigenvalue weighted by Crippen LogP contribution is -1.92. The molecule has 0 amide bonds. The predicted molar refractivity (Wildman–Crippen MR) is 85.8 cm³/mol. The van der Waals surface area contributed by atoms with Crippen molar-refractivity contribution in [1.82, 2.24) is 0 Å². The first kappa shape index (κ1) is 11.5. The molecule has 0 heterocycles. The molecule has 3 aromatic carbocycles. The standard InChI is InChI=1S/C19H17N/c1-13-5-10-16(11-6-13)20-18-12-9-15-8-7-14-3-2-4-17(18)19(14)15/h2-6,9-12,20H,7-8H2,1H3. The second kappa shape index (κ2) is 4.38. The summed E-state index contributed by atoms with van der Waals surface area (Å²) in [6, 6.07) is 19.7. The van der Waals surface area contributed by atoms with Crippen LogP contribution in [-0.4, -0.2) is 0 Å². The van der Waals surface area contributed by atoms with Crippen LogP contribution < -0.4 is 5.32 Å². The SMILES string of the molecule is Cc1ccc(Nc2ccc3c4c(cccc24)CC3)cc1. The van der Waals surface area contributed by atoms with Gasteiger partial charge in [0.1, 0.15) is 0 Å². The molecule has 20 heavy (non-hydrogen) atoms. The topological polar surface area (TPSA) is 12.0 Å². The van der Waals surface area contributed by atoms with Crippen LogP contribution in [0.25, 0.3) is 10.8 Å². The van der Waals surface area contributed by atoms with Crippen LogP contribution in [0, 0.1) is 6.92 Å². The molecule has 0 aliphatic heterocycles. The van der Waals surface area contributed by atoms with Crippen molar-refractivity contribution < 1.29 is 0 Å². The average molecular weight is 259 g/mol. The molecule has 0 spiro atoms. The molecule has 0 bridgehead atoms. The Morgan fingerprint density at radius 3 is 2.35 bits per heavy atom. The molecular formula is C19H17N. The maximum Gasteiger partial charge on any atom is 0.0464 e. The van der Waals surface area contributed by atoms with E-state index in [1.807, 2.05) is 0 Å². The summed E-state index contributed by atoms with van der Waals surface area (Å²) in [5.41, 5.74) is 6.62. The highest BCUT2D eigenvalue weighted by Gasteiger charge is 2.15. The zero-order valence-corrected chi connectivity index (χ0v) is 11.6. The van der Waals surface area contributed by atoms with E-state index < -0.39 is 0 Å². The van der Waals surface area contributed by atoms with Crippen molar-refractivity contribution in [2.75, 3.05) is 5.32 Å². The summed E-state index contributed by atoms with van der Waals surface area (Å²) in [6.07, 6.45) is 2.36. The summed E-state index contributed by atoms with van der Waals surface area (Å²) >= 11 is 0. The number of hydrogen-bond acceptors (Lipinski definition) is 1. The molecule has 0 saturated carbocycles. The minimum absolute atomic E-state index is 1.15. The average Bonchev–Trinajstić information content (AvgIpc) is 2.89. The lowest BCUT2D eigenvalue weighted by Gasteiger charge is -2.11. The Bertz CT molecular complexity index is 774. The van der Waals surface area contributed by atoms with Crippen LogP contribution in [-0.2, 0) is 12.8 Å². The van der Waals surface area contributed by atoms with Gasteiger partial charge in [0, 0.05) is 16.8 Å². The van der Waals surface area contributed by atoms with Crippen molar-refractivity contribution in [3.63, 3.8) is 0 Å². The van der Waals surface area contributed by atoms with Crippen molar-refractivity contribution in [2.45, 2.75) is 19.8 Å². The number of anilines is 2. The lowest BCUT2D eigenvalue weighted by atomic mass is 10.0. The molecule has 0 unspecified atom stereocenters. The monoisotopic (exact) mass is 259 g/mol. The maximum absolute atomic E-state index is 3.56. The van der Waals surface area contributed by atoms with Gasteiger partial charge in [0.2, 0.25) is 0 Å². The van der Waals surface area contributed by atoms with Crippen LogP contribution in [0.2, 0.25) is 0 Å². The number of hydrogen-bond donors (Lipinski definition) is 1. The van der Waals surface area contributed by atoms with Crippen molar-refractivity contribution in [1.29, 1.82) is 0 Å². The van der Waals surface area contributed by atoms with Gasteiger partial charge in [-0.05, 0) is 54.5 Å². The molecule has 0 radical (unpaired) electrons. The van der Waals surface area contributed by atoms with Crippen LogP contribution in [0.1, 0.15) is 16.7 Å². The second-order valence-corrected chi connectivity index (χ2v) is 5.60. The van der Waals surface area contributed by atoms with E-state index in [0.717, 1.165) is 5.69 Å². The lowest BCUT2D eigenvalue weighted by molar-refractivity contribution is 1.02. The van der Waals surface area contributed by atoms with E-state index in [1.165, 1.54) is 46.0 Å². The fraction of sp³-hybridized carbons (Fsp3) is 0.158. The van der Waals surface area contributed by atoms with Crippen LogP contribution in [0.5, 0.6) is 0 Å². The normalized spacial score (nSPS) is 12.8. The Hall–Kier alpha value is -2.28. The third-order valence-corrected chi connectivity index (χ3v) is 4.21. The Balaban J connectivity index is 1.83. The first-order valence-corrected chi connectivity index (χ1v) is 7.18. The van der Waals surface area contributed by atoms with Gasteiger partial charge in [0.15, 0.2) is 0 Å². The molecule has 1 nitrogen and oxygen atoms in total. The fourth-order valence-electron chi connectivity index (χ4n) is 3.15. The van der Waals surface area contributed by atoms with E-state index in [9.17, 15) is 0 Å².